The summed E-state index contributed by atoms with van der Waals surface area (Å²) in [5.41, 5.74) is 3.50. The summed E-state index contributed by atoms with van der Waals surface area (Å²) in [6.07, 6.45) is 6.44. The standard InChI is InChI=1S/C18H30O3S/c1-5-9-15-12-13-18(22(19,20)21-14-8-4)17(11-7-3)16(15)10-6-2/h12-13H,5-11,14H2,1-4H3. The van der Waals surface area contributed by atoms with Gasteiger partial charge in [0.05, 0.1) is 11.5 Å². The van der Waals surface area contributed by atoms with E-state index in [1.165, 1.54) is 11.1 Å². The molecule has 3 nitrogen and oxygen atoms in total. The second kappa shape index (κ2) is 9.31. The third kappa shape index (κ3) is 4.82. The van der Waals surface area contributed by atoms with Crippen LogP contribution in [-0.2, 0) is 33.6 Å². The molecular formula is C18H30O3S. The van der Waals surface area contributed by atoms with Crippen molar-refractivity contribution in [3.8, 4) is 0 Å². The highest BCUT2D eigenvalue weighted by molar-refractivity contribution is 7.86. The van der Waals surface area contributed by atoms with Crippen molar-refractivity contribution in [1.29, 1.82) is 0 Å². The van der Waals surface area contributed by atoms with E-state index in [2.05, 4.69) is 20.8 Å². The number of hydrogen-bond acceptors (Lipinski definition) is 3. The summed E-state index contributed by atoms with van der Waals surface area (Å²) in [6, 6.07) is 3.73. The molecule has 0 aliphatic rings. The maximum atomic E-state index is 12.5. The topological polar surface area (TPSA) is 43.4 Å². The minimum atomic E-state index is -3.65. The summed E-state index contributed by atoms with van der Waals surface area (Å²) in [5, 5.41) is 0. The van der Waals surface area contributed by atoms with Gasteiger partial charge in [-0.05, 0) is 48.4 Å². The molecule has 0 atom stereocenters. The average molecular weight is 327 g/mol. The molecule has 0 spiro atoms. The van der Waals surface area contributed by atoms with E-state index in [1.54, 1.807) is 6.07 Å². The van der Waals surface area contributed by atoms with Crippen LogP contribution in [-0.4, -0.2) is 15.0 Å². The van der Waals surface area contributed by atoms with E-state index in [1.807, 2.05) is 13.0 Å². The third-order valence-electron chi connectivity index (χ3n) is 3.72. The lowest BCUT2D eigenvalue weighted by Crippen LogP contribution is -2.13. The fourth-order valence-corrected chi connectivity index (χ4v) is 4.07. The second-order valence-corrected chi connectivity index (χ2v) is 7.29. The van der Waals surface area contributed by atoms with Crippen LogP contribution >= 0.6 is 0 Å². The summed E-state index contributed by atoms with van der Waals surface area (Å²) in [4.78, 5) is 0.381. The highest BCUT2D eigenvalue weighted by atomic mass is 32.2. The largest absolute Gasteiger partial charge is 0.297 e. The first-order chi connectivity index (χ1) is 10.5. The Morgan fingerprint density at radius 3 is 1.95 bits per heavy atom. The van der Waals surface area contributed by atoms with Crippen LogP contribution in [0.4, 0.5) is 0 Å². The Bertz CT molecular complexity index is 562. The van der Waals surface area contributed by atoms with Crippen LogP contribution in [0.25, 0.3) is 0 Å². The summed E-state index contributed by atoms with van der Waals surface area (Å²) < 4.78 is 30.1. The lowest BCUT2D eigenvalue weighted by atomic mass is 9.92. The number of rotatable bonds is 10. The van der Waals surface area contributed by atoms with Gasteiger partial charge in [0.25, 0.3) is 10.1 Å². The fraction of sp³-hybridized carbons (Fsp3) is 0.667. The van der Waals surface area contributed by atoms with Crippen LogP contribution in [0.3, 0.4) is 0 Å². The Hall–Kier alpha value is -0.870. The molecule has 1 aromatic carbocycles. The van der Waals surface area contributed by atoms with Gasteiger partial charge in [-0.15, -0.1) is 0 Å². The quantitative estimate of drug-likeness (QED) is 0.587. The zero-order valence-corrected chi connectivity index (χ0v) is 15.3. The van der Waals surface area contributed by atoms with Crippen molar-refractivity contribution in [2.75, 3.05) is 6.61 Å². The SMILES string of the molecule is CCCOS(=O)(=O)c1ccc(CCC)c(CCC)c1CCC. The molecule has 22 heavy (non-hydrogen) atoms. The molecule has 0 N–H and O–H groups in total. The Morgan fingerprint density at radius 1 is 0.818 bits per heavy atom. The molecular weight excluding hydrogens is 296 g/mol. The molecule has 0 saturated carbocycles. The Labute approximate surface area is 136 Å². The molecule has 4 heteroatoms. The van der Waals surface area contributed by atoms with Crippen molar-refractivity contribution >= 4 is 10.1 Å². The van der Waals surface area contributed by atoms with Gasteiger partial charge in [-0.25, -0.2) is 0 Å². The van der Waals surface area contributed by atoms with Gasteiger partial charge in [0.15, 0.2) is 0 Å². The van der Waals surface area contributed by atoms with Crippen molar-refractivity contribution in [2.24, 2.45) is 0 Å². The molecule has 0 radical (unpaired) electrons. The Morgan fingerprint density at radius 2 is 1.41 bits per heavy atom. The first-order valence-electron chi connectivity index (χ1n) is 8.54. The average Bonchev–Trinajstić information content (AvgIpc) is 2.48. The van der Waals surface area contributed by atoms with Gasteiger partial charge in [-0.3, -0.25) is 4.18 Å². The van der Waals surface area contributed by atoms with Gasteiger partial charge in [-0.1, -0.05) is 53.0 Å². The summed E-state index contributed by atoms with van der Waals surface area (Å²) >= 11 is 0. The predicted molar refractivity (Wildman–Crippen MR) is 91.9 cm³/mol. The summed E-state index contributed by atoms with van der Waals surface area (Å²) in [7, 11) is -3.65. The van der Waals surface area contributed by atoms with Crippen LogP contribution < -0.4 is 0 Å². The van der Waals surface area contributed by atoms with Gasteiger partial charge < -0.3 is 0 Å². The third-order valence-corrected chi connectivity index (χ3v) is 5.11. The number of hydrogen-bond donors (Lipinski definition) is 0. The van der Waals surface area contributed by atoms with Gasteiger partial charge in [-0.2, -0.15) is 8.42 Å². The van der Waals surface area contributed by atoms with Crippen molar-refractivity contribution < 1.29 is 12.6 Å². The molecule has 126 valence electrons. The van der Waals surface area contributed by atoms with Gasteiger partial charge in [0.1, 0.15) is 0 Å². The Kier molecular flexibility index (Phi) is 8.12. The maximum absolute atomic E-state index is 12.5. The predicted octanol–water partition coefficient (Wildman–Crippen LogP) is 4.66. The lowest BCUT2D eigenvalue weighted by Gasteiger charge is -2.18. The molecule has 0 aromatic heterocycles. The van der Waals surface area contributed by atoms with Crippen molar-refractivity contribution in [2.45, 2.75) is 77.5 Å². The smallest absolute Gasteiger partial charge is 0.266 e. The molecule has 0 bridgehead atoms. The van der Waals surface area contributed by atoms with Crippen LogP contribution in [0.1, 0.15) is 70.1 Å². The molecule has 1 aromatic rings. The van der Waals surface area contributed by atoms with E-state index >= 15 is 0 Å². The van der Waals surface area contributed by atoms with E-state index in [0.29, 0.717) is 11.3 Å². The highest BCUT2D eigenvalue weighted by Crippen LogP contribution is 2.28. The highest BCUT2D eigenvalue weighted by Gasteiger charge is 2.22. The summed E-state index contributed by atoms with van der Waals surface area (Å²) in [6.45, 7) is 8.54. The van der Waals surface area contributed by atoms with Crippen LogP contribution in [0.2, 0.25) is 0 Å². The molecule has 0 amide bonds. The molecule has 1 rings (SSSR count). The van der Waals surface area contributed by atoms with E-state index in [9.17, 15) is 8.42 Å². The van der Waals surface area contributed by atoms with E-state index < -0.39 is 10.1 Å². The summed E-state index contributed by atoms with van der Waals surface area (Å²) in [5.74, 6) is 0. The number of aryl methyl sites for hydroxylation is 1. The zero-order valence-electron chi connectivity index (χ0n) is 14.4. The maximum Gasteiger partial charge on any atom is 0.297 e. The molecule has 0 fully saturated rings. The van der Waals surface area contributed by atoms with E-state index in [-0.39, 0.29) is 6.61 Å². The molecule has 0 heterocycles. The first-order valence-corrected chi connectivity index (χ1v) is 9.95. The molecule has 0 aliphatic heterocycles. The van der Waals surface area contributed by atoms with Crippen molar-refractivity contribution in [3.05, 3.63) is 28.8 Å². The van der Waals surface area contributed by atoms with Crippen LogP contribution in [0.15, 0.2) is 17.0 Å². The van der Waals surface area contributed by atoms with E-state index in [4.69, 9.17) is 4.18 Å². The van der Waals surface area contributed by atoms with Crippen LogP contribution in [0.5, 0.6) is 0 Å². The Balaban J connectivity index is 3.41. The minimum absolute atomic E-state index is 0.244. The fourth-order valence-electron chi connectivity index (χ4n) is 2.80. The van der Waals surface area contributed by atoms with Gasteiger partial charge >= 0.3 is 0 Å². The molecule has 0 saturated heterocycles. The first kappa shape index (κ1) is 19.2. The number of benzene rings is 1. The zero-order chi connectivity index (χ0) is 16.6. The molecule has 0 aliphatic carbocycles. The van der Waals surface area contributed by atoms with Gasteiger partial charge in [0.2, 0.25) is 0 Å². The monoisotopic (exact) mass is 326 g/mol. The normalized spacial score (nSPS) is 11.8. The van der Waals surface area contributed by atoms with E-state index in [0.717, 1.165) is 44.1 Å². The molecule has 0 unspecified atom stereocenters. The minimum Gasteiger partial charge on any atom is -0.266 e. The van der Waals surface area contributed by atoms with Crippen molar-refractivity contribution in [3.63, 3.8) is 0 Å². The van der Waals surface area contributed by atoms with Crippen molar-refractivity contribution in [1.82, 2.24) is 0 Å². The van der Waals surface area contributed by atoms with Gasteiger partial charge in [0, 0.05) is 0 Å². The van der Waals surface area contributed by atoms with Crippen LogP contribution in [0, 0.1) is 0 Å². The lowest BCUT2D eigenvalue weighted by molar-refractivity contribution is 0.317. The second-order valence-electron chi connectivity index (χ2n) is 5.71.